The van der Waals surface area contributed by atoms with Gasteiger partial charge in [-0.15, -0.1) is 5.10 Å². The summed E-state index contributed by atoms with van der Waals surface area (Å²) in [5, 5.41) is 8.25. The first-order valence-electron chi connectivity index (χ1n) is 8.24. The van der Waals surface area contributed by atoms with Crippen molar-refractivity contribution in [2.24, 2.45) is 0 Å². The minimum absolute atomic E-state index is 0.261. The fourth-order valence-electron chi connectivity index (χ4n) is 3.18. The minimum atomic E-state index is -0.457. The molecule has 0 saturated heterocycles. The SMILES string of the molecule is Cc1cc(C(=O)OCn2nnc3ccccc3c2=O)c(C)n1C1CC1. The lowest BCUT2D eigenvalue weighted by Gasteiger charge is -2.08. The van der Waals surface area contributed by atoms with E-state index in [1.165, 1.54) is 0 Å². The van der Waals surface area contributed by atoms with Crippen LogP contribution in [-0.4, -0.2) is 25.5 Å². The van der Waals surface area contributed by atoms with Crippen molar-refractivity contribution < 1.29 is 9.53 Å². The number of ether oxygens (including phenoxy) is 1. The van der Waals surface area contributed by atoms with Gasteiger partial charge in [0.15, 0.2) is 6.73 Å². The molecule has 128 valence electrons. The fourth-order valence-corrected chi connectivity index (χ4v) is 3.18. The van der Waals surface area contributed by atoms with Crippen molar-refractivity contribution in [3.8, 4) is 0 Å². The average Bonchev–Trinajstić information content (AvgIpc) is 3.39. The Balaban J connectivity index is 1.56. The van der Waals surface area contributed by atoms with Crippen LogP contribution in [0, 0.1) is 13.8 Å². The highest BCUT2D eigenvalue weighted by Gasteiger charge is 2.28. The van der Waals surface area contributed by atoms with Crippen molar-refractivity contribution in [1.82, 2.24) is 19.6 Å². The molecule has 7 heteroatoms. The van der Waals surface area contributed by atoms with Gasteiger partial charge in [-0.25, -0.2) is 4.79 Å². The Morgan fingerprint density at radius 2 is 2.04 bits per heavy atom. The van der Waals surface area contributed by atoms with E-state index in [4.69, 9.17) is 4.74 Å². The number of hydrogen-bond donors (Lipinski definition) is 0. The van der Waals surface area contributed by atoms with Crippen molar-refractivity contribution in [3.05, 3.63) is 57.6 Å². The molecule has 0 atom stereocenters. The van der Waals surface area contributed by atoms with Crippen LogP contribution in [0.15, 0.2) is 35.1 Å². The zero-order valence-corrected chi connectivity index (χ0v) is 14.1. The van der Waals surface area contributed by atoms with Gasteiger partial charge in [0.1, 0.15) is 5.52 Å². The Labute approximate surface area is 143 Å². The summed E-state index contributed by atoms with van der Waals surface area (Å²) in [4.78, 5) is 24.8. The number of nitrogens with zero attached hydrogens (tertiary/aromatic N) is 4. The Hall–Kier alpha value is -2.96. The van der Waals surface area contributed by atoms with Gasteiger partial charge in [0.25, 0.3) is 5.56 Å². The standard InChI is InChI=1S/C18H18N4O3/c1-11-9-15(12(2)22(11)13-7-8-13)18(24)25-10-21-17(23)14-5-3-4-6-16(14)19-20-21/h3-6,9,13H,7-8,10H2,1-2H3. The first kappa shape index (κ1) is 15.6. The second-order valence-corrected chi connectivity index (χ2v) is 6.36. The molecule has 1 saturated carbocycles. The number of aromatic nitrogens is 4. The lowest BCUT2D eigenvalue weighted by Crippen LogP contribution is -2.26. The number of carbonyl (C=O) groups excluding carboxylic acids is 1. The van der Waals surface area contributed by atoms with Crippen LogP contribution in [0.5, 0.6) is 0 Å². The van der Waals surface area contributed by atoms with Crippen LogP contribution in [0.3, 0.4) is 0 Å². The Morgan fingerprint density at radius 1 is 1.28 bits per heavy atom. The van der Waals surface area contributed by atoms with Crippen molar-refractivity contribution in [2.75, 3.05) is 0 Å². The number of benzene rings is 1. The van der Waals surface area contributed by atoms with Crippen molar-refractivity contribution in [1.29, 1.82) is 0 Å². The lowest BCUT2D eigenvalue weighted by molar-refractivity contribution is 0.0335. The van der Waals surface area contributed by atoms with E-state index in [9.17, 15) is 9.59 Å². The maximum atomic E-state index is 12.4. The second kappa shape index (κ2) is 5.84. The maximum Gasteiger partial charge on any atom is 0.341 e. The van der Waals surface area contributed by atoms with Gasteiger partial charge in [-0.2, -0.15) is 4.68 Å². The predicted octanol–water partition coefficient (Wildman–Crippen LogP) is 2.36. The molecule has 1 aliphatic rings. The number of fused-ring (bicyclic) bond motifs is 1. The van der Waals surface area contributed by atoms with Gasteiger partial charge in [-0.05, 0) is 44.9 Å². The van der Waals surface area contributed by atoms with Crippen LogP contribution in [0.1, 0.15) is 40.6 Å². The number of aryl methyl sites for hydroxylation is 1. The number of esters is 1. The molecule has 0 aliphatic heterocycles. The first-order chi connectivity index (χ1) is 12.1. The van der Waals surface area contributed by atoms with Crippen molar-refractivity contribution in [2.45, 2.75) is 39.5 Å². The Morgan fingerprint density at radius 3 is 2.80 bits per heavy atom. The van der Waals surface area contributed by atoms with Gasteiger partial charge in [0.05, 0.1) is 10.9 Å². The van der Waals surface area contributed by atoms with Gasteiger partial charge < -0.3 is 9.30 Å². The summed E-state index contributed by atoms with van der Waals surface area (Å²) in [7, 11) is 0. The van der Waals surface area contributed by atoms with Crippen molar-refractivity contribution >= 4 is 16.9 Å². The summed E-state index contributed by atoms with van der Waals surface area (Å²) in [5.74, 6) is -0.457. The third kappa shape index (κ3) is 2.71. The molecule has 25 heavy (non-hydrogen) atoms. The van der Waals surface area contributed by atoms with E-state index in [2.05, 4.69) is 14.9 Å². The van der Waals surface area contributed by atoms with E-state index in [1.807, 2.05) is 19.9 Å². The zero-order chi connectivity index (χ0) is 17.6. The monoisotopic (exact) mass is 338 g/mol. The minimum Gasteiger partial charge on any atom is -0.438 e. The number of carbonyl (C=O) groups is 1. The highest BCUT2D eigenvalue weighted by molar-refractivity contribution is 5.91. The van der Waals surface area contributed by atoms with Crippen LogP contribution in [-0.2, 0) is 11.5 Å². The molecule has 0 amide bonds. The summed E-state index contributed by atoms with van der Waals surface area (Å²) in [5.41, 5.74) is 2.67. The van der Waals surface area contributed by atoms with Gasteiger partial charge in [0.2, 0.25) is 0 Å². The molecular weight excluding hydrogens is 320 g/mol. The molecule has 1 aromatic carbocycles. The third-order valence-electron chi connectivity index (χ3n) is 4.56. The summed E-state index contributed by atoms with van der Waals surface area (Å²) in [6, 6.07) is 9.27. The quantitative estimate of drug-likeness (QED) is 0.682. The molecule has 1 fully saturated rings. The molecule has 2 heterocycles. The highest BCUT2D eigenvalue weighted by atomic mass is 16.5. The molecule has 0 radical (unpaired) electrons. The Bertz CT molecular complexity index is 1030. The molecule has 0 N–H and O–H groups in total. The normalized spacial score (nSPS) is 14.0. The summed E-state index contributed by atoms with van der Waals surface area (Å²) in [6.07, 6.45) is 2.29. The lowest BCUT2D eigenvalue weighted by atomic mass is 10.2. The fraction of sp³-hybridized carbons (Fsp3) is 0.333. The zero-order valence-electron chi connectivity index (χ0n) is 14.1. The van der Waals surface area contributed by atoms with Gasteiger partial charge in [0, 0.05) is 17.4 Å². The van der Waals surface area contributed by atoms with Crippen LogP contribution in [0.2, 0.25) is 0 Å². The molecule has 2 aromatic heterocycles. The van der Waals surface area contributed by atoms with E-state index in [0.29, 0.717) is 22.5 Å². The van der Waals surface area contributed by atoms with E-state index < -0.39 is 5.97 Å². The molecule has 0 unspecified atom stereocenters. The van der Waals surface area contributed by atoms with Crippen LogP contribution in [0.25, 0.3) is 10.9 Å². The maximum absolute atomic E-state index is 12.4. The molecule has 0 bridgehead atoms. The summed E-state index contributed by atoms with van der Waals surface area (Å²) < 4.78 is 8.54. The van der Waals surface area contributed by atoms with Crippen molar-refractivity contribution in [3.63, 3.8) is 0 Å². The van der Waals surface area contributed by atoms with E-state index in [-0.39, 0.29) is 12.3 Å². The molecule has 0 spiro atoms. The number of rotatable bonds is 4. The average molecular weight is 338 g/mol. The van der Waals surface area contributed by atoms with E-state index in [1.54, 1.807) is 24.3 Å². The first-order valence-corrected chi connectivity index (χ1v) is 8.24. The smallest absolute Gasteiger partial charge is 0.341 e. The molecule has 3 aromatic rings. The predicted molar refractivity (Wildman–Crippen MR) is 91.4 cm³/mol. The highest BCUT2D eigenvalue weighted by Crippen LogP contribution is 2.38. The Kier molecular flexibility index (Phi) is 3.63. The van der Waals surface area contributed by atoms with Crippen LogP contribution < -0.4 is 5.56 Å². The van der Waals surface area contributed by atoms with Gasteiger partial charge in [-0.3, -0.25) is 4.79 Å². The largest absolute Gasteiger partial charge is 0.438 e. The van der Waals surface area contributed by atoms with Gasteiger partial charge in [-0.1, -0.05) is 17.3 Å². The summed E-state index contributed by atoms with van der Waals surface area (Å²) in [6.45, 7) is 3.65. The molecule has 4 rings (SSSR count). The van der Waals surface area contributed by atoms with E-state index >= 15 is 0 Å². The third-order valence-corrected chi connectivity index (χ3v) is 4.56. The summed E-state index contributed by atoms with van der Waals surface area (Å²) >= 11 is 0. The topological polar surface area (TPSA) is 79.0 Å². The van der Waals surface area contributed by atoms with E-state index in [0.717, 1.165) is 28.9 Å². The van der Waals surface area contributed by atoms with Gasteiger partial charge >= 0.3 is 5.97 Å². The molecule has 1 aliphatic carbocycles. The second-order valence-electron chi connectivity index (χ2n) is 6.36. The number of hydrogen-bond acceptors (Lipinski definition) is 5. The molecule has 7 nitrogen and oxygen atoms in total. The van der Waals surface area contributed by atoms with Crippen LogP contribution in [0.4, 0.5) is 0 Å². The van der Waals surface area contributed by atoms with Crippen LogP contribution >= 0.6 is 0 Å². The molecular formula is C18H18N4O3.